The van der Waals surface area contributed by atoms with Crippen LogP contribution in [-0.4, -0.2) is 53.2 Å². The number of amides is 1. The first-order valence-electron chi connectivity index (χ1n) is 11.8. The molecule has 0 saturated carbocycles. The fourth-order valence-electron chi connectivity index (χ4n) is 3.88. The molecular weight excluding hydrogens is 484 g/mol. The van der Waals surface area contributed by atoms with Gasteiger partial charge in [0.05, 0.1) is 13.0 Å². The lowest BCUT2D eigenvalue weighted by atomic mass is 9.84. The van der Waals surface area contributed by atoms with Crippen molar-refractivity contribution in [2.75, 3.05) is 7.11 Å². The summed E-state index contributed by atoms with van der Waals surface area (Å²) in [5.74, 6) is -5.59. The van der Waals surface area contributed by atoms with Gasteiger partial charge in [-0.15, -0.1) is 0 Å². The van der Waals surface area contributed by atoms with Crippen molar-refractivity contribution >= 4 is 23.6 Å². The van der Waals surface area contributed by atoms with Gasteiger partial charge in [-0.1, -0.05) is 51.1 Å². The molecule has 3 rings (SSSR count). The van der Waals surface area contributed by atoms with Gasteiger partial charge >= 0.3 is 11.9 Å². The average Bonchev–Trinajstić information content (AvgIpc) is 2.91. The summed E-state index contributed by atoms with van der Waals surface area (Å²) in [6, 6.07) is 10.4. The Morgan fingerprint density at radius 2 is 1.89 bits per heavy atom. The number of Topliss-reactive ketones (excluding diaryl/α,β-unsaturated/α-hetero) is 1. The number of pyridine rings is 1. The number of aromatic nitrogens is 1. The minimum atomic E-state index is -1.69. The van der Waals surface area contributed by atoms with Gasteiger partial charge < -0.3 is 19.9 Å². The Kier molecular flexibility index (Phi) is 9.18. The number of ketones is 1. The summed E-state index contributed by atoms with van der Waals surface area (Å²) in [5, 5.41) is 12.5. The van der Waals surface area contributed by atoms with Crippen LogP contribution in [0, 0.1) is 17.8 Å². The largest absolute Gasteiger partial charge is 0.503 e. The van der Waals surface area contributed by atoms with E-state index in [1.807, 2.05) is 30.3 Å². The molecule has 2 N–H and O–H groups in total. The van der Waals surface area contributed by atoms with Crippen molar-refractivity contribution in [3.8, 4) is 11.5 Å². The smallest absolute Gasteiger partial charge is 0.349 e. The van der Waals surface area contributed by atoms with Crippen LogP contribution >= 0.6 is 0 Å². The molecule has 4 atom stereocenters. The monoisotopic (exact) mass is 514 g/mol. The number of methoxy groups -OCH3 is 1. The van der Waals surface area contributed by atoms with Crippen molar-refractivity contribution in [2.24, 2.45) is 17.8 Å². The first-order chi connectivity index (χ1) is 17.6. The fourth-order valence-corrected chi connectivity index (χ4v) is 3.88. The Labute approximate surface area is 214 Å². The van der Waals surface area contributed by atoms with E-state index in [1.165, 1.54) is 19.4 Å². The third kappa shape index (κ3) is 6.82. The summed E-state index contributed by atoms with van der Waals surface area (Å²) in [5.41, 5.74) is 0.373. The average molecular weight is 515 g/mol. The zero-order valence-corrected chi connectivity index (χ0v) is 21.0. The molecule has 11 heteroatoms. The van der Waals surface area contributed by atoms with E-state index in [1.54, 1.807) is 20.8 Å². The molecule has 198 valence electrons. The lowest BCUT2D eigenvalue weighted by Crippen LogP contribution is -2.43. The van der Waals surface area contributed by atoms with E-state index in [4.69, 9.17) is 19.2 Å². The molecule has 11 nitrogen and oxygen atoms in total. The number of carbonyl (C=O) groups is 4. The molecule has 1 saturated heterocycles. The fraction of sp³-hybridized carbons (Fsp3) is 0.423. The van der Waals surface area contributed by atoms with E-state index in [0.717, 1.165) is 5.56 Å². The first-order valence-corrected chi connectivity index (χ1v) is 11.8. The standard InChI is InChI=1S/C26H30N2O9/c1-14(2)25(32)35-22-15(3)12-18(29)24(28-23(31)20-21(30)19(34-4)10-11-27-20)36-37-26(33)17(22)13-16-8-6-5-7-9-16/h5-11,14-15,17,22,24,30H,12-13H2,1-4H3,(H,28,31)/t15-,17+,22+,24?/m0/s1. The lowest BCUT2D eigenvalue weighted by molar-refractivity contribution is -0.298. The van der Waals surface area contributed by atoms with E-state index in [0.29, 0.717) is 0 Å². The normalized spacial score (nSPS) is 22.3. The third-order valence-corrected chi connectivity index (χ3v) is 5.91. The quantitative estimate of drug-likeness (QED) is 0.416. The van der Waals surface area contributed by atoms with E-state index >= 15 is 0 Å². The van der Waals surface area contributed by atoms with Gasteiger partial charge in [0.2, 0.25) is 6.23 Å². The molecule has 1 aromatic carbocycles. The van der Waals surface area contributed by atoms with Crippen LogP contribution in [0.3, 0.4) is 0 Å². The zero-order chi connectivity index (χ0) is 27.1. The van der Waals surface area contributed by atoms with Gasteiger partial charge in [-0.2, -0.15) is 4.89 Å². The number of hydrogen-bond donors (Lipinski definition) is 2. The van der Waals surface area contributed by atoms with Crippen LogP contribution in [0.25, 0.3) is 0 Å². The molecule has 37 heavy (non-hydrogen) atoms. The van der Waals surface area contributed by atoms with Crippen molar-refractivity contribution in [1.82, 2.24) is 10.3 Å². The third-order valence-electron chi connectivity index (χ3n) is 5.91. The van der Waals surface area contributed by atoms with Gasteiger partial charge in [-0.05, 0) is 12.0 Å². The Hall–Kier alpha value is -3.99. The highest BCUT2D eigenvalue weighted by Gasteiger charge is 2.42. The molecule has 1 aromatic heterocycles. The topological polar surface area (TPSA) is 150 Å². The molecule has 0 spiro atoms. The van der Waals surface area contributed by atoms with Gasteiger partial charge in [0.1, 0.15) is 12.0 Å². The molecule has 1 aliphatic heterocycles. The van der Waals surface area contributed by atoms with Crippen LogP contribution in [-0.2, 0) is 35.3 Å². The number of hydrogen-bond acceptors (Lipinski definition) is 10. The highest BCUT2D eigenvalue weighted by molar-refractivity contribution is 5.98. The second-order valence-corrected chi connectivity index (χ2v) is 9.06. The number of rotatable bonds is 7. The van der Waals surface area contributed by atoms with Crippen molar-refractivity contribution in [1.29, 1.82) is 0 Å². The number of esters is 1. The number of aromatic hydroxyl groups is 1. The molecule has 1 aliphatic rings. The van der Waals surface area contributed by atoms with Crippen LogP contribution in [0.15, 0.2) is 42.6 Å². The highest BCUT2D eigenvalue weighted by Crippen LogP contribution is 2.30. The van der Waals surface area contributed by atoms with E-state index in [9.17, 15) is 24.3 Å². The van der Waals surface area contributed by atoms with Crippen LogP contribution in [0.2, 0.25) is 0 Å². The van der Waals surface area contributed by atoms with E-state index < -0.39 is 65.2 Å². The number of benzene rings is 1. The number of nitrogens with one attached hydrogen (secondary N) is 1. The zero-order valence-electron chi connectivity index (χ0n) is 21.0. The summed E-state index contributed by atoms with van der Waals surface area (Å²) in [4.78, 5) is 65.3. The molecule has 0 bridgehead atoms. The van der Waals surface area contributed by atoms with Gasteiger partial charge in [-0.25, -0.2) is 9.78 Å². The maximum absolute atomic E-state index is 13.1. The predicted molar refractivity (Wildman–Crippen MR) is 128 cm³/mol. The SMILES string of the molecule is COc1ccnc(C(=O)NC2OOC(=O)[C@H](Cc3ccccc3)[C@H](OC(=O)C(C)C)[C@@H](C)CC2=O)c1O. The first kappa shape index (κ1) is 27.6. The number of nitrogens with zero attached hydrogens (tertiary/aromatic N) is 1. The number of ether oxygens (including phenoxy) is 2. The molecule has 2 aromatic rings. The molecule has 1 unspecified atom stereocenters. The van der Waals surface area contributed by atoms with Crippen molar-refractivity contribution in [3.63, 3.8) is 0 Å². The molecule has 1 amide bonds. The maximum atomic E-state index is 13.1. The Balaban J connectivity index is 1.87. The van der Waals surface area contributed by atoms with Crippen LogP contribution < -0.4 is 10.1 Å². The Morgan fingerprint density at radius 1 is 1.19 bits per heavy atom. The van der Waals surface area contributed by atoms with Crippen molar-refractivity contribution in [2.45, 2.75) is 45.9 Å². The second kappa shape index (κ2) is 12.3. The minimum Gasteiger partial charge on any atom is -0.503 e. The molecule has 0 aliphatic carbocycles. The van der Waals surface area contributed by atoms with Gasteiger partial charge in [-0.3, -0.25) is 19.3 Å². The lowest BCUT2D eigenvalue weighted by Gasteiger charge is -2.29. The number of carbonyl (C=O) groups excluding carboxylic acids is 4. The van der Waals surface area contributed by atoms with Crippen molar-refractivity contribution < 1.29 is 43.5 Å². The summed E-state index contributed by atoms with van der Waals surface area (Å²) in [6.45, 7) is 4.99. The van der Waals surface area contributed by atoms with Gasteiger partial charge in [0, 0.05) is 24.6 Å². The van der Waals surface area contributed by atoms with Crippen LogP contribution in [0.5, 0.6) is 11.5 Å². The molecular formula is C26H30N2O9. The summed E-state index contributed by atoms with van der Waals surface area (Å²) >= 11 is 0. The second-order valence-electron chi connectivity index (χ2n) is 9.06. The Bertz CT molecular complexity index is 1140. The van der Waals surface area contributed by atoms with E-state index in [-0.39, 0.29) is 18.6 Å². The van der Waals surface area contributed by atoms with E-state index in [2.05, 4.69) is 10.3 Å². The van der Waals surface area contributed by atoms with Crippen LogP contribution in [0.1, 0.15) is 43.2 Å². The molecule has 1 fully saturated rings. The summed E-state index contributed by atoms with van der Waals surface area (Å²) in [7, 11) is 1.30. The van der Waals surface area contributed by atoms with Crippen molar-refractivity contribution in [3.05, 3.63) is 53.9 Å². The minimum absolute atomic E-state index is 0.000440. The maximum Gasteiger partial charge on any atom is 0.349 e. The predicted octanol–water partition coefficient (Wildman–Crippen LogP) is 2.36. The molecule has 0 radical (unpaired) electrons. The summed E-state index contributed by atoms with van der Waals surface area (Å²) < 4.78 is 10.7. The molecule has 2 heterocycles. The highest BCUT2D eigenvalue weighted by atomic mass is 17.2. The van der Waals surface area contributed by atoms with Gasteiger partial charge in [0.15, 0.2) is 23.0 Å². The Morgan fingerprint density at radius 3 is 2.54 bits per heavy atom. The summed E-state index contributed by atoms with van der Waals surface area (Å²) in [6.07, 6.45) is -1.49. The van der Waals surface area contributed by atoms with Crippen LogP contribution in [0.4, 0.5) is 0 Å². The van der Waals surface area contributed by atoms with Gasteiger partial charge in [0.25, 0.3) is 5.91 Å².